The number of hydrogen-bond donors (Lipinski definition) is 1. The fourth-order valence-corrected chi connectivity index (χ4v) is 6.74. The number of piperazine rings is 1. The lowest BCUT2D eigenvalue weighted by Gasteiger charge is -2.39. The summed E-state index contributed by atoms with van der Waals surface area (Å²) < 4.78 is 17.6. The summed E-state index contributed by atoms with van der Waals surface area (Å²) >= 11 is 0. The number of benzene rings is 2. The quantitative estimate of drug-likeness (QED) is 0.473. The van der Waals surface area contributed by atoms with Crippen molar-refractivity contribution in [2.45, 2.75) is 38.8 Å². The lowest BCUT2D eigenvalue weighted by Crippen LogP contribution is -2.56. The average molecular weight is 597 g/mol. The molecule has 4 aliphatic rings. The Kier molecular flexibility index (Phi) is 7.07. The molecule has 2 unspecified atom stereocenters. The summed E-state index contributed by atoms with van der Waals surface area (Å²) in [4.78, 5) is 46.5. The standard InChI is InChI=1S/C34H36N4O6/c1-34(2)18-23-31(25(39)19-34)32(28-12-7-17-42-28)38(24-9-4-3-8-22(24)35-23)20-30(40)36-13-15-37(16-14-36)33(41)29-21-43-26-10-5-6-11-27(26)44-29/h3-12,17,29,32,35H,13-16,18-21H2,1-2H3. The number of carbonyl (C=O) groups is 3. The monoisotopic (exact) mass is 596 g/mol. The average Bonchev–Trinajstić information content (AvgIpc) is 3.52. The molecule has 2 aromatic carbocycles. The highest BCUT2D eigenvalue weighted by molar-refractivity contribution is 6.01. The number of ether oxygens (including phenoxy) is 2. The van der Waals surface area contributed by atoms with Gasteiger partial charge < -0.3 is 33.9 Å². The van der Waals surface area contributed by atoms with Crippen molar-refractivity contribution in [3.63, 3.8) is 0 Å². The summed E-state index contributed by atoms with van der Waals surface area (Å²) in [7, 11) is 0. The van der Waals surface area contributed by atoms with Gasteiger partial charge in [0.2, 0.25) is 12.0 Å². The van der Waals surface area contributed by atoms with Crippen LogP contribution in [0.5, 0.6) is 11.5 Å². The largest absolute Gasteiger partial charge is 0.485 e. The zero-order chi connectivity index (χ0) is 30.4. The maximum absolute atomic E-state index is 13.9. The Labute approximate surface area is 256 Å². The fourth-order valence-electron chi connectivity index (χ4n) is 6.74. The molecule has 0 saturated carbocycles. The molecule has 44 heavy (non-hydrogen) atoms. The molecule has 1 N–H and O–H groups in total. The molecule has 2 amide bonds. The van der Waals surface area contributed by atoms with Crippen molar-refractivity contribution in [3.8, 4) is 11.5 Å². The van der Waals surface area contributed by atoms with Crippen molar-refractivity contribution in [1.82, 2.24) is 9.80 Å². The number of para-hydroxylation sites is 4. The molecule has 1 aliphatic carbocycles. The minimum atomic E-state index is -0.720. The van der Waals surface area contributed by atoms with Crippen LogP contribution in [0.4, 0.5) is 11.4 Å². The first-order valence-electron chi connectivity index (χ1n) is 15.1. The van der Waals surface area contributed by atoms with Gasteiger partial charge in [0.05, 0.1) is 24.2 Å². The molecular formula is C34H36N4O6. The zero-order valence-electron chi connectivity index (χ0n) is 25.0. The SMILES string of the molecule is CC1(C)CC(=O)C2=C(C1)Nc1ccccc1N(CC(=O)N1CCN(C(=O)C3COc4ccccc4O3)CC1)C2c1ccco1. The van der Waals surface area contributed by atoms with E-state index in [0.717, 1.165) is 17.1 Å². The Morgan fingerprint density at radius 1 is 0.909 bits per heavy atom. The second-order valence-corrected chi connectivity index (χ2v) is 12.6. The molecular weight excluding hydrogens is 560 g/mol. The summed E-state index contributed by atoms with van der Waals surface area (Å²) in [5, 5.41) is 3.56. The summed E-state index contributed by atoms with van der Waals surface area (Å²) in [5.41, 5.74) is 3.00. The van der Waals surface area contributed by atoms with E-state index in [9.17, 15) is 14.4 Å². The summed E-state index contributed by atoms with van der Waals surface area (Å²) in [6, 6.07) is 18.3. The van der Waals surface area contributed by atoms with E-state index in [1.54, 1.807) is 22.1 Å². The van der Waals surface area contributed by atoms with Gasteiger partial charge in [0, 0.05) is 43.9 Å². The van der Waals surface area contributed by atoms with Crippen LogP contribution in [0.3, 0.4) is 0 Å². The van der Waals surface area contributed by atoms with E-state index in [1.807, 2.05) is 59.5 Å². The van der Waals surface area contributed by atoms with Crippen molar-refractivity contribution < 1.29 is 28.3 Å². The van der Waals surface area contributed by atoms with Gasteiger partial charge in [-0.2, -0.15) is 0 Å². The van der Waals surface area contributed by atoms with Gasteiger partial charge in [-0.25, -0.2) is 0 Å². The Balaban J connectivity index is 1.11. The summed E-state index contributed by atoms with van der Waals surface area (Å²) in [6.45, 7) is 5.99. The second kappa shape index (κ2) is 11.1. The molecule has 0 spiro atoms. The van der Waals surface area contributed by atoms with Gasteiger partial charge in [0.25, 0.3) is 5.91 Å². The number of carbonyl (C=O) groups excluding carboxylic acids is 3. The number of furan rings is 1. The third kappa shape index (κ3) is 5.18. The molecule has 1 fully saturated rings. The van der Waals surface area contributed by atoms with Crippen LogP contribution in [0.25, 0.3) is 0 Å². The molecule has 228 valence electrons. The van der Waals surface area contributed by atoms with Crippen molar-refractivity contribution >= 4 is 29.0 Å². The van der Waals surface area contributed by atoms with Crippen LogP contribution in [0.1, 0.15) is 38.5 Å². The fraction of sp³-hybridized carbons (Fsp3) is 0.382. The third-order valence-electron chi connectivity index (χ3n) is 8.85. The minimum Gasteiger partial charge on any atom is -0.485 e. The molecule has 3 aromatic rings. The molecule has 10 heteroatoms. The maximum atomic E-state index is 13.9. The third-order valence-corrected chi connectivity index (χ3v) is 8.85. The van der Waals surface area contributed by atoms with Crippen LogP contribution < -0.4 is 19.7 Å². The number of nitrogens with zero attached hydrogens (tertiary/aromatic N) is 3. The van der Waals surface area contributed by atoms with Crippen molar-refractivity contribution in [3.05, 3.63) is 84.0 Å². The summed E-state index contributed by atoms with van der Waals surface area (Å²) in [5.74, 6) is 1.63. The highest BCUT2D eigenvalue weighted by atomic mass is 16.6. The lowest BCUT2D eigenvalue weighted by molar-refractivity contribution is -0.145. The highest BCUT2D eigenvalue weighted by Crippen LogP contribution is 2.48. The van der Waals surface area contributed by atoms with E-state index in [2.05, 4.69) is 19.2 Å². The van der Waals surface area contributed by atoms with Gasteiger partial charge >= 0.3 is 0 Å². The predicted molar refractivity (Wildman–Crippen MR) is 163 cm³/mol. The normalized spacial score (nSPS) is 22.5. The van der Waals surface area contributed by atoms with Crippen molar-refractivity contribution in [2.24, 2.45) is 5.41 Å². The van der Waals surface area contributed by atoms with Gasteiger partial charge in [0.15, 0.2) is 17.3 Å². The first-order valence-corrected chi connectivity index (χ1v) is 15.1. The van der Waals surface area contributed by atoms with Gasteiger partial charge in [-0.3, -0.25) is 14.4 Å². The lowest BCUT2D eigenvalue weighted by atomic mass is 9.74. The van der Waals surface area contributed by atoms with E-state index in [4.69, 9.17) is 13.9 Å². The first kappa shape index (κ1) is 28.1. The minimum absolute atomic E-state index is 0.0435. The van der Waals surface area contributed by atoms with E-state index in [0.29, 0.717) is 61.9 Å². The number of anilines is 2. The van der Waals surface area contributed by atoms with Crippen molar-refractivity contribution in [2.75, 3.05) is 49.5 Å². The van der Waals surface area contributed by atoms with E-state index in [1.165, 1.54) is 0 Å². The van der Waals surface area contributed by atoms with E-state index < -0.39 is 12.1 Å². The van der Waals surface area contributed by atoms with Crippen LogP contribution >= 0.6 is 0 Å². The smallest absolute Gasteiger partial charge is 0.267 e. The molecule has 4 heterocycles. The van der Waals surface area contributed by atoms with Crippen molar-refractivity contribution in [1.29, 1.82) is 0 Å². The molecule has 3 aliphatic heterocycles. The number of nitrogens with one attached hydrogen (secondary N) is 1. The van der Waals surface area contributed by atoms with Crippen LogP contribution in [0.2, 0.25) is 0 Å². The molecule has 1 saturated heterocycles. The number of hydrogen-bond acceptors (Lipinski definition) is 8. The summed E-state index contributed by atoms with van der Waals surface area (Å²) in [6.07, 6.45) is 2.01. The zero-order valence-corrected chi connectivity index (χ0v) is 25.0. The van der Waals surface area contributed by atoms with Crippen LogP contribution in [0.15, 0.2) is 82.6 Å². The molecule has 0 radical (unpaired) electrons. The molecule has 0 bridgehead atoms. The Morgan fingerprint density at radius 2 is 1.64 bits per heavy atom. The van der Waals surface area contributed by atoms with E-state index in [-0.39, 0.29) is 36.2 Å². The number of ketones is 1. The molecule has 2 atom stereocenters. The first-order chi connectivity index (χ1) is 21.3. The topological polar surface area (TPSA) is 105 Å². The van der Waals surface area contributed by atoms with Gasteiger partial charge in [-0.05, 0) is 48.2 Å². The maximum Gasteiger partial charge on any atom is 0.267 e. The van der Waals surface area contributed by atoms with Gasteiger partial charge in [-0.1, -0.05) is 38.1 Å². The van der Waals surface area contributed by atoms with Crippen LogP contribution in [-0.2, 0) is 14.4 Å². The number of amides is 2. The Hall–Kier alpha value is -4.73. The predicted octanol–water partition coefficient (Wildman–Crippen LogP) is 4.41. The van der Waals surface area contributed by atoms with Crippen LogP contribution in [-0.4, -0.2) is 72.8 Å². The Morgan fingerprint density at radius 3 is 2.41 bits per heavy atom. The second-order valence-electron chi connectivity index (χ2n) is 12.6. The number of rotatable bonds is 4. The van der Waals surface area contributed by atoms with E-state index >= 15 is 0 Å². The molecule has 7 rings (SSSR count). The molecule has 10 nitrogen and oxygen atoms in total. The number of allylic oxidation sites excluding steroid dienone is 1. The number of Topliss-reactive ketones (excluding diaryl/α,β-unsaturated/α-hetero) is 1. The van der Waals surface area contributed by atoms with Gasteiger partial charge in [0.1, 0.15) is 18.4 Å². The van der Waals surface area contributed by atoms with Gasteiger partial charge in [-0.15, -0.1) is 0 Å². The Bertz CT molecular complexity index is 1620. The van der Waals surface area contributed by atoms with Crippen LogP contribution in [0, 0.1) is 5.41 Å². The number of fused-ring (bicyclic) bond motifs is 2. The molecule has 1 aromatic heterocycles. The highest BCUT2D eigenvalue weighted by Gasteiger charge is 2.43.